The standard InChI is InChI=1S/C14H14O10/c1-19-13(17)23-7-21-11(15)9-3-5-10(6-4-9)12(16)22-8-24-14(18)20-2/h3-6H,7-8H2,1-2H3. The largest absolute Gasteiger partial charge is 0.510 e. The van der Waals surface area contributed by atoms with Gasteiger partial charge in [-0.15, -0.1) is 0 Å². The van der Waals surface area contributed by atoms with Crippen molar-refractivity contribution in [3.05, 3.63) is 35.4 Å². The molecule has 1 aromatic rings. The van der Waals surface area contributed by atoms with Gasteiger partial charge in [-0.3, -0.25) is 0 Å². The van der Waals surface area contributed by atoms with Crippen molar-refractivity contribution in [1.82, 2.24) is 0 Å². The fraction of sp³-hybridized carbons (Fsp3) is 0.286. The number of ether oxygens (including phenoxy) is 6. The summed E-state index contributed by atoms with van der Waals surface area (Å²) in [6.07, 6.45) is -1.98. The molecule has 0 radical (unpaired) electrons. The molecule has 0 aliphatic heterocycles. The molecule has 1 aromatic carbocycles. The number of hydrogen-bond acceptors (Lipinski definition) is 10. The number of rotatable bonds is 6. The van der Waals surface area contributed by atoms with E-state index >= 15 is 0 Å². The molecule has 0 aliphatic rings. The van der Waals surface area contributed by atoms with Crippen LogP contribution in [0.1, 0.15) is 20.7 Å². The molecule has 0 bridgehead atoms. The van der Waals surface area contributed by atoms with Gasteiger partial charge in [0.25, 0.3) is 0 Å². The average Bonchev–Trinajstić information content (AvgIpc) is 2.61. The van der Waals surface area contributed by atoms with Gasteiger partial charge in [-0.25, -0.2) is 19.2 Å². The van der Waals surface area contributed by atoms with Crippen molar-refractivity contribution < 1.29 is 47.6 Å². The molecule has 130 valence electrons. The SMILES string of the molecule is COC(=O)OCOC(=O)c1ccc(C(=O)OCOC(=O)OC)cc1. The zero-order valence-electron chi connectivity index (χ0n) is 12.8. The lowest BCUT2D eigenvalue weighted by Crippen LogP contribution is -2.14. The maximum atomic E-state index is 11.6. The zero-order valence-corrected chi connectivity index (χ0v) is 12.8. The predicted molar refractivity (Wildman–Crippen MR) is 74.0 cm³/mol. The van der Waals surface area contributed by atoms with E-state index in [0.717, 1.165) is 14.2 Å². The van der Waals surface area contributed by atoms with Gasteiger partial charge < -0.3 is 28.4 Å². The molecular weight excluding hydrogens is 328 g/mol. The highest BCUT2D eigenvalue weighted by Gasteiger charge is 2.12. The Morgan fingerprint density at radius 1 is 0.667 bits per heavy atom. The van der Waals surface area contributed by atoms with Crippen LogP contribution >= 0.6 is 0 Å². The normalized spacial score (nSPS) is 9.42. The number of carbonyl (C=O) groups is 4. The Bertz CT molecular complexity index is 539. The van der Waals surface area contributed by atoms with Crippen LogP contribution in [0.4, 0.5) is 9.59 Å². The third-order valence-corrected chi connectivity index (χ3v) is 2.42. The van der Waals surface area contributed by atoms with Crippen LogP contribution in [0.3, 0.4) is 0 Å². The van der Waals surface area contributed by atoms with E-state index in [0.29, 0.717) is 0 Å². The Labute approximate surface area is 136 Å². The van der Waals surface area contributed by atoms with Crippen molar-refractivity contribution in [2.75, 3.05) is 27.8 Å². The summed E-state index contributed by atoms with van der Waals surface area (Å²) in [6, 6.07) is 5.22. The first kappa shape index (κ1) is 18.7. The van der Waals surface area contributed by atoms with E-state index in [1.54, 1.807) is 0 Å². The molecule has 0 saturated heterocycles. The van der Waals surface area contributed by atoms with E-state index < -0.39 is 37.8 Å². The minimum Gasteiger partial charge on any atom is -0.438 e. The van der Waals surface area contributed by atoms with Crippen LogP contribution < -0.4 is 0 Å². The Balaban J connectivity index is 2.46. The Hall–Kier alpha value is -3.30. The number of hydrogen-bond donors (Lipinski definition) is 0. The second kappa shape index (κ2) is 9.66. The van der Waals surface area contributed by atoms with E-state index in [-0.39, 0.29) is 11.1 Å². The maximum Gasteiger partial charge on any atom is 0.510 e. The van der Waals surface area contributed by atoms with Gasteiger partial charge in [0.05, 0.1) is 25.3 Å². The van der Waals surface area contributed by atoms with Crippen LogP contribution in [0.15, 0.2) is 24.3 Å². The third kappa shape index (κ3) is 6.22. The van der Waals surface area contributed by atoms with Gasteiger partial charge in [0.1, 0.15) is 0 Å². The number of esters is 2. The molecule has 0 N–H and O–H groups in total. The van der Waals surface area contributed by atoms with Crippen LogP contribution in [0.5, 0.6) is 0 Å². The van der Waals surface area contributed by atoms with Crippen LogP contribution in [0, 0.1) is 0 Å². The third-order valence-electron chi connectivity index (χ3n) is 2.42. The molecule has 0 heterocycles. The summed E-state index contributed by atoms with van der Waals surface area (Å²) in [5.41, 5.74) is 0.233. The summed E-state index contributed by atoms with van der Waals surface area (Å²) < 4.78 is 26.5. The van der Waals surface area contributed by atoms with Crippen molar-refractivity contribution in [3.63, 3.8) is 0 Å². The van der Waals surface area contributed by atoms with Gasteiger partial charge in [-0.05, 0) is 24.3 Å². The quantitative estimate of drug-likeness (QED) is 0.426. The van der Waals surface area contributed by atoms with E-state index in [1.165, 1.54) is 24.3 Å². The summed E-state index contributed by atoms with van der Waals surface area (Å²) in [6.45, 7) is -1.22. The Kier molecular flexibility index (Phi) is 7.55. The molecule has 0 saturated carbocycles. The van der Waals surface area contributed by atoms with Crippen LogP contribution in [0.2, 0.25) is 0 Å². The second-order valence-electron chi connectivity index (χ2n) is 3.87. The van der Waals surface area contributed by atoms with Crippen LogP contribution in [-0.4, -0.2) is 52.1 Å². The smallest absolute Gasteiger partial charge is 0.438 e. The molecule has 1 rings (SSSR count). The molecular formula is C14H14O10. The van der Waals surface area contributed by atoms with E-state index in [2.05, 4.69) is 28.4 Å². The molecule has 0 aromatic heterocycles. The minimum atomic E-state index is -0.991. The fourth-order valence-electron chi connectivity index (χ4n) is 1.29. The monoisotopic (exact) mass is 342 g/mol. The highest BCUT2D eigenvalue weighted by atomic mass is 16.8. The molecule has 0 aliphatic carbocycles. The highest BCUT2D eigenvalue weighted by Crippen LogP contribution is 2.08. The average molecular weight is 342 g/mol. The molecule has 24 heavy (non-hydrogen) atoms. The van der Waals surface area contributed by atoms with E-state index in [4.69, 9.17) is 0 Å². The van der Waals surface area contributed by atoms with Crippen molar-refractivity contribution in [1.29, 1.82) is 0 Å². The van der Waals surface area contributed by atoms with Gasteiger partial charge in [-0.2, -0.15) is 0 Å². The number of benzene rings is 1. The van der Waals surface area contributed by atoms with Gasteiger partial charge in [0.15, 0.2) is 0 Å². The first-order valence-corrected chi connectivity index (χ1v) is 6.33. The van der Waals surface area contributed by atoms with Gasteiger partial charge in [0.2, 0.25) is 13.6 Å². The molecule has 10 heteroatoms. The van der Waals surface area contributed by atoms with Crippen molar-refractivity contribution >= 4 is 24.2 Å². The maximum absolute atomic E-state index is 11.6. The summed E-state index contributed by atoms with van der Waals surface area (Å²) in [4.78, 5) is 44.6. The molecule has 0 unspecified atom stereocenters. The molecule has 0 amide bonds. The molecule has 0 atom stereocenters. The van der Waals surface area contributed by atoms with Gasteiger partial charge in [-0.1, -0.05) is 0 Å². The zero-order chi connectivity index (χ0) is 17.9. The second-order valence-corrected chi connectivity index (χ2v) is 3.87. The fourth-order valence-corrected chi connectivity index (χ4v) is 1.29. The number of carbonyl (C=O) groups excluding carboxylic acids is 4. The lowest BCUT2D eigenvalue weighted by molar-refractivity contribution is -0.0238. The lowest BCUT2D eigenvalue weighted by atomic mass is 10.1. The Morgan fingerprint density at radius 3 is 1.29 bits per heavy atom. The van der Waals surface area contributed by atoms with E-state index in [9.17, 15) is 19.2 Å². The number of methoxy groups -OCH3 is 2. The molecule has 0 spiro atoms. The van der Waals surface area contributed by atoms with Gasteiger partial charge >= 0.3 is 24.2 Å². The summed E-state index contributed by atoms with van der Waals surface area (Å²) in [5, 5.41) is 0. The topological polar surface area (TPSA) is 124 Å². The first-order chi connectivity index (χ1) is 11.5. The van der Waals surface area contributed by atoms with Crippen molar-refractivity contribution in [2.45, 2.75) is 0 Å². The van der Waals surface area contributed by atoms with E-state index in [1.807, 2.05) is 0 Å². The van der Waals surface area contributed by atoms with Crippen LogP contribution in [-0.2, 0) is 28.4 Å². The molecule has 10 nitrogen and oxygen atoms in total. The Morgan fingerprint density at radius 2 is 1.00 bits per heavy atom. The summed E-state index contributed by atoms with van der Waals surface area (Å²) in [7, 11) is 2.22. The highest BCUT2D eigenvalue weighted by molar-refractivity contribution is 5.93. The predicted octanol–water partition coefficient (Wildman–Crippen LogP) is 1.48. The summed E-state index contributed by atoms with van der Waals surface area (Å²) in [5.74, 6) is -1.54. The van der Waals surface area contributed by atoms with Crippen molar-refractivity contribution in [2.24, 2.45) is 0 Å². The van der Waals surface area contributed by atoms with Crippen LogP contribution in [0.25, 0.3) is 0 Å². The van der Waals surface area contributed by atoms with Gasteiger partial charge in [0, 0.05) is 0 Å². The lowest BCUT2D eigenvalue weighted by Gasteiger charge is -2.07. The van der Waals surface area contributed by atoms with Crippen molar-refractivity contribution in [3.8, 4) is 0 Å². The summed E-state index contributed by atoms with van der Waals surface area (Å²) >= 11 is 0. The minimum absolute atomic E-state index is 0.117. The molecule has 0 fully saturated rings. The first-order valence-electron chi connectivity index (χ1n) is 6.33.